The van der Waals surface area contributed by atoms with Crippen molar-refractivity contribution in [2.24, 2.45) is 0 Å². The van der Waals surface area contributed by atoms with E-state index in [2.05, 4.69) is 5.32 Å². The Morgan fingerprint density at radius 2 is 1.78 bits per heavy atom. The molecule has 2 aromatic carbocycles. The van der Waals surface area contributed by atoms with Crippen LogP contribution in [0.3, 0.4) is 0 Å². The van der Waals surface area contributed by atoms with Crippen LogP contribution in [0.15, 0.2) is 48.5 Å². The summed E-state index contributed by atoms with van der Waals surface area (Å²) in [7, 11) is 3.47. The van der Waals surface area contributed by atoms with Gasteiger partial charge in [-0.1, -0.05) is 25.3 Å². The second kappa shape index (κ2) is 11.4. The first-order valence-corrected chi connectivity index (χ1v) is 11.2. The zero-order chi connectivity index (χ0) is 22.9. The lowest BCUT2D eigenvalue weighted by molar-refractivity contribution is -0.111. The molecule has 32 heavy (non-hydrogen) atoms. The molecule has 3 rings (SSSR count). The molecule has 6 heteroatoms. The molecule has 6 nitrogen and oxygen atoms in total. The van der Waals surface area contributed by atoms with E-state index in [0.29, 0.717) is 35.4 Å². The SMILES string of the molecule is CCOc1ccc(/C=C/C(=O)Nc2ccc(C(=O)N(C)C3CCCCC3)cc2)cc1OC. The van der Waals surface area contributed by atoms with Crippen molar-refractivity contribution in [2.75, 3.05) is 26.1 Å². The molecule has 1 fully saturated rings. The van der Waals surface area contributed by atoms with Crippen molar-refractivity contribution in [3.05, 3.63) is 59.7 Å². The van der Waals surface area contributed by atoms with Gasteiger partial charge in [-0.2, -0.15) is 0 Å². The van der Waals surface area contributed by atoms with E-state index in [1.165, 1.54) is 25.3 Å². The number of hydrogen-bond donors (Lipinski definition) is 1. The van der Waals surface area contributed by atoms with Crippen LogP contribution in [0.5, 0.6) is 11.5 Å². The molecule has 0 spiro atoms. The highest BCUT2D eigenvalue weighted by Gasteiger charge is 2.22. The van der Waals surface area contributed by atoms with Crippen LogP contribution in [0.1, 0.15) is 54.9 Å². The number of nitrogens with one attached hydrogen (secondary N) is 1. The van der Waals surface area contributed by atoms with Crippen molar-refractivity contribution in [1.29, 1.82) is 0 Å². The van der Waals surface area contributed by atoms with Crippen LogP contribution in [0.25, 0.3) is 6.08 Å². The minimum atomic E-state index is -0.253. The number of rotatable bonds is 8. The van der Waals surface area contributed by atoms with Crippen LogP contribution in [0.2, 0.25) is 0 Å². The van der Waals surface area contributed by atoms with Crippen molar-refractivity contribution in [1.82, 2.24) is 4.90 Å². The summed E-state index contributed by atoms with van der Waals surface area (Å²) in [5.74, 6) is 1.06. The van der Waals surface area contributed by atoms with Gasteiger partial charge in [-0.25, -0.2) is 0 Å². The number of nitrogens with zero attached hydrogens (tertiary/aromatic N) is 1. The van der Waals surface area contributed by atoms with Crippen molar-refractivity contribution >= 4 is 23.6 Å². The Bertz CT molecular complexity index is 947. The first-order chi connectivity index (χ1) is 15.5. The normalized spacial score (nSPS) is 14.2. The van der Waals surface area contributed by atoms with E-state index in [-0.39, 0.29) is 11.8 Å². The molecule has 0 bridgehead atoms. The molecule has 2 amide bonds. The summed E-state index contributed by atoms with van der Waals surface area (Å²) in [6.07, 6.45) is 8.95. The van der Waals surface area contributed by atoms with E-state index in [9.17, 15) is 9.59 Å². The highest BCUT2D eigenvalue weighted by Crippen LogP contribution is 2.28. The fraction of sp³-hybridized carbons (Fsp3) is 0.385. The lowest BCUT2D eigenvalue weighted by atomic mass is 9.94. The molecule has 1 saturated carbocycles. The van der Waals surface area contributed by atoms with E-state index in [0.717, 1.165) is 18.4 Å². The minimum Gasteiger partial charge on any atom is -0.493 e. The summed E-state index contributed by atoms with van der Waals surface area (Å²) in [5.41, 5.74) is 2.10. The molecule has 0 saturated heterocycles. The maximum absolute atomic E-state index is 12.8. The van der Waals surface area contributed by atoms with Gasteiger partial charge >= 0.3 is 0 Å². The monoisotopic (exact) mass is 436 g/mol. The number of hydrogen-bond acceptors (Lipinski definition) is 4. The van der Waals surface area contributed by atoms with Gasteiger partial charge in [0, 0.05) is 30.4 Å². The second-order valence-corrected chi connectivity index (χ2v) is 7.95. The van der Waals surface area contributed by atoms with E-state index in [4.69, 9.17) is 9.47 Å². The fourth-order valence-corrected chi connectivity index (χ4v) is 3.95. The van der Waals surface area contributed by atoms with E-state index < -0.39 is 0 Å². The molecule has 0 aromatic heterocycles. The number of benzene rings is 2. The molecule has 0 radical (unpaired) electrons. The smallest absolute Gasteiger partial charge is 0.253 e. The lowest BCUT2D eigenvalue weighted by Crippen LogP contribution is -2.38. The van der Waals surface area contributed by atoms with Gasteiger partial charge in [-0.05, 0) is 67.8 Å². The third-order valence-electron chi connectivity index (χ3n) is 5.76. The summed E-state index contributed by atoms with van der Waals surface area (Å²) >= 11 is 0. The molecule has 2 aromatic rings. The Kier molecular flexibility index (Phi) is 8.31. The predicted molar refractivity (Wildman–Crippen MR) is 127 cm³/mol. The van der Waals surface area contributed by atoms with Crippen LogP contribution in [-0.4, -0.2) is 43.5 Å². The standard InChI is InChI=1S/C26H32N2O4/c1-4-32-23-16-10-19(18-24(23)31-3)11-17-25(29)27-21-14-12-20(13-15-21)26(30)28(2)22-8-6-5-7-9-22/h10-18,22H,4-9H2,1-3H3,(H,27,29)/b17-11+. The van der Waals surface area contributed by atoms with Crippen molar-refractivity contribution < 1.29 is 19.1 Å². The van der Waals surface area contributed by atoms with Gasteiger partial charge < -0.3 is 19.7 Å². The van der Waals surface area contributed by atoms with Crippen LogP contribution < -0.4 is 14.8 Å². The van der Waals surface area contributed by atoms with Gasteiger partial charge in [-0.3, -0.25) is 9.59 Å². The highest BCUT2D eigenvalue weighted by atomic mass is 16.5. The molecular formula is C26H32N2O4. The highest BCUT2D eigenvalue weighted by molar-refractivity contribution is 6.02. The molecule has 1 N–H and O–H groups in total. The van der Waals surface area contributed by atoms with E-state index in [1.807, 2.05) is 37.1 Å². The van der Waals surface area contributed by atoms with Crippen molar-refractivity contribution in [3.63, 3.8) is 0 Å². The zero-order valence-electron chi connectivity index (χ0n) is 19.1. The van der Waals surface area contributed by atoms with E-state index >= 15 is 0 Å². The summed E-state index contributed by atoms with van der Waals surface area (Å²) in [6.45, 7) is 2.46. The Labute approximate surface area is 190 Å². The van der Waals surface area contributed by atoms with Gasteiger partial charge in [0.2, 0.25) is 5.91 Å². The summed E-state index contributed by atoms with van der Waals surface area (Å²) in [6, 6.07) is 12.9. The maximum atomic E-state index is 12.8. The van der Waals surface area contributed by atoms with Crippen LogP contribution >= 0.6 is 0 Å². The summed E-state index contributed by atoms with van der Waals surface area (Å²) in [4.78, 5) is 26.9. The molecular weight excluding hydrogens is 404 g/mol. The Hall–Kier alpha value is -3.28. The predicted octanol–water partition coefficient (Wildman–Crippen LogP) is 5.15. The lowest BCUT2D eigenvalue weighted by Gasteiger charge is -2.31. The average molecular weight is 437 g/mol. The van der Waals surface area contributed by atoms with Crippen molar-refractivity contribution in [3.8, 4) is 11.5 Å². The molecule has 1 aliphatic rings. The number of carbonyl (C=O) groups is 2. The van der Waals surface area contributed by atoms with Crippen molar-refractivity contribution in [2.45, 2.75) is 45.1 Å². The number of ether oxygens (including phenoxy) is 2. The molecule has 0 aliphatic heterocycles. The third kappa shape index (κ3) is 6.13. The van der Waals surface area contributed by atoms with Crippen LogP contribution in [0, 0.1) is 0 Å². The summed E-state index contributed by atoms with van der Waals surface area (Å²) in [5, 5.41) is 2.82. The molecule has 170 valence electrons. The van der Waals surface area contributed by atoms with Gasteiger partial charge in [0.25, 0.3) is 5.91 Å². The largest absolute Gasteiger partial charge is 0.493 e. The number of carbonyl (C=O) groups excluding carboxylic acids is 2. The third-order valence-corrected chi connectivity index (χ3v) is 5.76. The molecule has 1 aliphatic carbocycles. The van der Waals surface area contributed by atoms with Crippen LogP contribution in [0.4, 0.5) is 5.69 Å². The first kappa shape index (κ1) is 23.4. The van der Waals surface area contributed by atoms with Gasteiger partial charge in [-0.15, -0.1) is 0 Å². The number of methoxy groups -OCH3 is 1. The van der Waals surface area contributed by atoms with E-state index in [1.54, 1.807) is 37.5 Å². The number of anilines is 1. The molecule has 0 unspecified atom stereocenters. The Morgan fingerprint density at radius 1 is 1.06 bits per heavy atom. The zero-order valence-corrected chi connectivity index (χ0v) is 19.1. The van der Waals surface area contributed by atoms with Gasteiger partial charge in [0.15, 0.2) is 11.5 Å². The summed E-state index contributed by atoms with van der Waals surface area (Å²) < 4.78 is 10.8. The Balaban J connectivity index is 1.58. The average Bonchev–Trinajstić information content (AvgIpc) is 2.83. The maximum Gasteiger partial charge on any atom is 0.253 e. The molecule has 0 atom stereocenters. The topological polar surface area (TPSA) is 67.9 Å². The second-order valence-electron chi connectivity index (χ2n) is 7.95. The quantitative estimate of drug-likeness (QED) is 0.581. The first-order valence-electron chi connectivity index (χ1n) is 11.2. The van der Waals surface area contributed by atoms with Crippen LogP contribution in [-0.2, 0) is 4.79 Å². The minimum absolute atomic E-state index is 0.0270. The van der Waals surface area contributed by atoms with Gasteiger partial charge in [0.05, 0.1) is 13.7 Å². The fourth-order valence-electron chi connectivity index (χ4n) is 3.95. The Morgan fingerprint density at radius 3 is 2.44 bits per heavy atom. The van der Waals surface area contributed by atoms with Gasteiger partial charge in [0.1, 0.15) is 0 Å². The molecule has 0 heterocycles. The number of amides is 2.